The number of nitriles is 1. The predicted octanol–water partition coefficient (Wildman–Crippen LogP) is 2.15. The molecule has 0 saturated carbocycles. The molecular formula is C13H15ClN2O2. The number of ether oxygens (including phenoxy) is 2. The molecule has 4 nitrogen and oxygen atoms in total. The Hall–Kier alpha value is -1.28. The van der Waals surface area contributed by atoms with E-state index in [0.29, 0.717) is 18.2 Å². The molecular weight excluding hydrogens is 252 g/mol. The fraction of sp³-hybridized carbons (Fsp3) is 0.462. The Bertz CT molecular complexity index is 480. The third kappa shape index (κ3) is 2.05. The van der Waals surface area contributed by atoms with Crippen molar-refractivity contribution in [1.82, 2.24) is 5.32 Å². The topological polar surface area (TPSA) is 54.3 Å². The Morgan fingerprint density at radius 2 is 2.28 bits per heavy atom. The first kappa shape index (κ1) is 13.2. The van der Waals surface area contributed by atoms with Gasteiger partial charge in [-0.1, -0.05) is 11.6 Å². The minimum absolute atomic E-state index is 0.162. The summed E-state index contributed by atoms with van der Waals surface area (Å²) in [5.74, 6) is 0.722. The zero-order valence-electron chi connectivity index (χ0n) is 10.4. The van der Waals surface area contributed by atoms with Crippen LogP contribution in [0.2, 0.25) is 5.02 Å². The Morgan fingerprint density at radius 1 is 1.56 bits per heavy atom. The maximum atomic E-state index is 9.39. The van der Waals surface area contributed by atoms with Crippen molar-refractivity contribution in [3.05, 3.63) is 28.8 Å². The van der Waals surface area contributed by atoms with Crippen LogP contribution in [0.5, 0.6) is 5.75 Å². The number of rotatable bonds is 4. The zero-order valence-corrected chi connectivity index (χ0v) is 11.1. The lowest BCUT2D eigenvalue weighted by Gasteiger charge is -2.42. The first-order chi connectivity index (χ1) is 8.66. The normalized spacial score (nSPS) is 18.6. The number of hydrogen-bond acceptors (Lipinski definition) is 4. The summed E-state index contributed by atoms with van der Waals surface area (Å²) in [5, 5.41) is 13.2. The number of benzene rings is 1. The van der Waals surface area contributed by atoms with E-state index in [0.717, 1.165) is 11.3 Å². The molecule has 1 fully saturated rings. The molecule has 0 bridgehead atoms. The van der Waals surface area contributed by atoms with Gasteiger partial charge in [-0.15, -0.1) is 0 Å². The molecule has 96 valence electrons. The van der Waals surface area contributed by atoms with Gasteiger partial charge in [0.15, 0.2) is 0 Å². The molecule has 1 aliphatic rings. The van der Waals surface area contributed by atoms with Crippen LogP contribution >= 0.6 is 11.6 Å². The van der Waals surface area contributed by atoms with Crippen LogP contribution in [0.15, 0.2) is 18.2 Å². The van der Waals surface area contributed by atoms with Gasteiger partial charge in [-0.2, -0.15) is 5.26 Å². The summed E-state index contributed by atoms with van der Waals surface area (Å²) >= 11 is 6.03. The summed E-state index contributed by atoms with van der Waals surface area (Å²) in [6, 6.07) is 7.60. The van der Waals surface area contributed by atoms with E-state index in [1.165, 1.54) is 0 Å². The summed E-state index contributed by atoms with van der Waals surface area (Å²) in [7, 11) is 3.43. The lowest BCUT2D eigenvalue weighted by molar-refractivity contribution is -0.0966. The second kappa shape index (κ2) is 5.15. The van der Waals surface area contributed by atoms with E-state index in [2.05, 4.69) is 11.4 Å². The second-order valence-corrected chi connectivity index (χ2v) is 4.81. The standard InChI is InChI=1S/C13H15ClN2O2/c1-16-12(13(6-15)7-18-8-13)10-5-9(14)3-4-11(10)17-2/h3-5,12,16H,7-8H2,1-2H3. The summed E-state index contributed by atoms with van der Waals surface area (Å²) in [4.78, 5) is 0. The van der Waals surface area contributed by atoms with Crippen LogP contribution in [0.3, 0.4) is 0 Å². The van der Waals surface area contributed by atoms with Crippen LogP contribution in [-0.4, -0.2) is 27.4 Å². The van der Waals surface area contributed by atoms with Crippen molar-refractivity contribution in [2.75, 3.05) is 27.4 Å². The van der Waals surface area contributed by atoms with Crippen molar-refractivity contribution in [2.45, 2.75) is 6.04 Å². The molecule has 1 aromatic rings. The first-order valence-corrected chi connectivity index (χ1v) is 6.04. The molecule has 1 aliphatic heterocycles. The van der Waals surface area contributed by atoms with E-state index in [1.807, 2.05) is 19.2 Å². The van der Waals surface area contributed by atoms with Crippen LogP contribution in [0, 0.1) is 16.7 Å². The number of methoxy groups -OCH3 is 1. The lowest BCUT2D eigenvalue weighted by atomic mass is 9.76. The summed E-state index contributed by atoms with van der Waals surface area (Å²) in [6.07, 6.45) is 0. The largest absolute Gasteiger partial charge is 0.496 e. The van der Waals surface area contributed by atoms with Crippen LogP contribution in [0.1, 0.15) is 11.6 Å². The van der Waals surface area contributed by atoms with Gasteiger partial charge in [-0.25, -0.2) is 0 Å². The van der Waals surface area contributed by atoms with Gasteiger partial charge < -0.3 is 14.8 Å². The minimum atomic E-state index is -0.549. The smallest absolute Gasteiger partial charge is 0.123 e. The van der Waals surface area contributed by atoms with E-state index in [4.69, 9.17) is 21.1 Å². The summed E-state index contributed by atoms with van der Waals surface area (Å²) in [5.41, 5.74) is 0.338. The third-order valence-electron chi connectivity index (χ3n) is 3.29. The highest BCUT2D eigenvalue weighted by atomic mass is 35.5. The van der Waals surface area contributed by atoms with Crippen LogP contribution in [0.4, 0.5) is 0 Å². The number of nitrogens with one attached hydrogen (secondary N) is 1. The van der Waals surface area contributed by atoms with E-state index in [9.17, 15) is 5.26 Å². The van der Waals surface area contributed by atoms with Gasteiger partial charge in [0.2, 0.25) is 0 Å². The Morgan fingerprint density at radius 3 is 2.72 bits per heavy atom. The van der Waals surface area contributed by atoms with Gasteiger partial charge in [0.1, 0.15) is 11.2 Å². The summed E-state index contributed by atoms with van der Waals surface area (Å²) < 4.78 is 10.5. The Labute approximate surface area is 111 Å². The van der Waals surface area contributed by atoms with Crippen LogP contribution < -0.4 is 10.1 Å². The van der Waals surface area contributed by atoms with Crippen molar-refractivity contribution >= 4 is 11.6 Å². The highest BCUT2D eigenvalue weighted by Gasteiger charge is 2.47. The maximum absolute atomic E-state index is 9.39. The first-order valence-electron chi connectivity index (χ1n) is 5.66. The fourth-order valence-electron chi connectivity index (χ4n) is 2.28. The maximum Gasteiger partial charge on any atom is 0.123 e. The van der Waals surface area contributed by atoms with Crippen molar-refractivity contribution in [1.29, 1.82) is 5.26 Å². The predicted molar refractivity (Wildman–Crippen MR) is 68.7 cm³/mol. The second-order valence-electron chi connectivity index (χ2n) is 4.37. The van der Waals surface area contributed by atoms with Crippen molar-refractivity contribution in [3.63, 3.8) is 0 Å². The zero-order chi connectivity index (χ0) is 13.2. The van der Waals surface area contributed by atoms with Gasteiger partial charge in [-0.05, 0) is 25.2 Å². The molecule has 5 heteroatoms. The molecule has 0 amide bonds. The fourth-order valence-corrected chi connectivity index (χ4v) is 2.46. The summed E-state index contributed by atoms with van der Waals surface area (Å²) in [6.45, 7) is 0.843. The molecule has 1 unspecified atom stereocenters. The molecule has 1 aromatic carbocycles. The van der Waals surface area contributed by atoms with Crippen molar-refractivity contribution in [3.8, 4) is 11.8 Å². The van der Waals surface area contributed by atoms with E-state index < -0.39 is 5.41 Å². The number of nitrogens with zero attached hydrogens (tertiary/aromatic N) is 1. The minimum Gasteiger partial charge on any atom is -0.496 e. The average molecular weight is 267 g/mol. The van der Waals surface area contributed by atoms with Gasteiger partial charge in [0.05, 0.1) is 32.4 Å². The van der Waals surface area contributed by atoms with Gasteiger partial charge >= 0.3 is 0 Å². The lowest BCUT2D eigenvalue weighted by Crippen LogP contribution is -2.50. The van der Waals surface area contributed by atoms with Crippen LogP contribution in [-0.2, 0) is 4.74 Å². The van der Waals surface area contributed by atoms with E-state index >= 15 is 0 Å². The average Bonchev–Trinajstić information content (AvgIpc) is 2.33. The molecule has 0 radical (unpaired) electrons. The van der Waals surface area contributed by atoms with Crippen molar-refractivity contribution < 1.29 is 9.47 Å². The Balaban J connectivity index is 2.44. The van der Waals surface area contributed by atoms with Crippen LogP contribution in [0.25, 0.3) is 0 Å². The molecule has 1 N–H and O–H groups in total. The van der Waals surface area contributed by atoms with Gasteiger partial charge in [-0.3, -0.25) is 0 Å². The molecule has 1 atom stereocenters. The highest BCUT2D eigenvalue weighted by molar-refractivity contribution is 6.30. The Kier molecular flexibility index (Phi) is 3.76. The molecule has 1 heterocycles. The third-order valence-corrected chi connectivity index (χ3v) is 3.52. The molecule has 0 spiro atoms. The number of hydrogen-bond donors (Lipinski definition) is 1. The molecule has 1 saturated heterocycles. The van der Waals surface area contributed by atoms with E-state index in [-0.39, 0.29) is 6.04 Å². The highest BCUT2D eigenvalue weighted by Crippen LogP contribution is 2.43. The molecule has 0 aliphatic carbocycles. The quantitative estimate of drug-likeness (QED) is 0.907. The van der Waals surface area contributed by atoms with Gasteiger partial charge in [0.25, 0.3) is 0 Å². The number of halogens is 1. The van der Waals surface area contributed by atoms with Gasteiger partial charge in [0, 0.05) is 10.6 Å². The van der Waals surface area contributed by atoms with Crippen molar-refractivity contribution in [2.24, 2.45) is 5.41 Å². The molecule has 18 heavy (non-hydrogen) atoms. The molecule has 0 aromatic heterocycles. The molecule has 2 rings (SSSR count). The monoisotopic (exact) mass is 266 g/mol. The van der Waals surface area contributed by atoms with E-state index in [1.54, 1.807) is 13.2 Å². The SMILES string of the molecule is CNC(c1cc(Cl)ccc1OC)C1(C#N)COC1.